The van der Waals surface area contributed by atoms with E-state index >= 15 is 0 Å². The van der Waals surface area contributed by atoms with Gasteiger partial charge >= 0.3 is 0 Å². The number of aliphatic hydroxyl groups excluding tert-OH is 1. The molecule has 0 amide bonds. The van der Waals surface area contributed by atoms with Gasteiger partial charge in [-0.25, -0.2) is 4.39 Å². The molecule has 3 N–H and O–H groups in total. The predicted octanol–water partition coefficient (Wildman–Crippen LogP) is 3.35. The number of nitrogens with two attached hydrogens (primary N) is 1. The number of benzene rings is 2. The van der Waals surface area contributed by atoms with Gasteiger partial charge < -0.3 is 15.6 Å². The van der Waals surface area contributed by atoms with Crippen molar-refractivity contribution < 1.29 is 14.2 Å². The van der Waals surface area contributed by atoms with E-state index in [0.29, 0.717) is 27.6 Å². The van der Waals surface area contributed by atoms with Crippen LogP contribution < -0.4 is 10.5 Å². The maximum absolute atomic E-state index is 13.7. The highest BCUT2D eigenvalue weighted by atomic mass is 35.5. The minimum atomic E-state index is -0.916. The van der Waals surface area contributed by atoms with Gasteiger partial charge in [0.15, 0.2) is 0 Å². The molecule has 0 aromatic heterocycles. The quantitative estimate of drug-likeness (QED) is 0.851. The van der Waals surface area contributed by atoms with E-state index in [1.54, 1.807) is 30.3 Å². The summed E-state index contributed by atoms with van der Waals surface area (Å²) in [7, 11) is 1.50. The van der Waals surface area contributed by atoms with Gasteiger partial charge in [-0.05, 0) is 23.8 Å². The second kappa shape index (κ2) is 6.11. The van der Waals surface area contributed by atoms with Crippen LogP contribution in [0.5, 0.6) is 5.75 Å². The number of hydrogen-bond acceptors (Lipinski definition) is 3. The van der Waals surface area contributed by atoms with Gasteiger partial charge in [-0.3, -0.25) is 0 Å². The summed E-state index contributed by atoms with van der Waals surface area (Å²) >= 11 is 5.70. The van der Waals surface area contributed by atoms with Crippen molar-refractivity contribution >= 4 is 17.3 Å². The minimum Gasteiger partial charge on any atom is -0.495 e. The summed E-state index contributed by atoms with van der Waals surface area (Å²) in [5.41, 5.74) is 7.16. The van der Waals surface area contributed by atoms with Crippen LogP contribution in [0.3, 0.4) is 0 Å². The second-order valence-electron chi connectivity index (χ2n) is 4.42. The first kappa shape index (κ1) is 14.6. The first-order valence-electron chi connectivity index (χ1n) is 6.07. The first-order valence-corrected chi connectivity index (χ1v) is 6.45. The van der Waals surface area contributed by atoms with Crippen molar-refractivity contribution in [2.75, 3.05) is 12.8 Å². The SMILES string of the molecule is COc1cccc(C(O)Cc2ccc(Cl)cc2F)c1N. The van der Waals surface area contributed by atoms with Crippen LogP contribution in [0.2, 0.25) is 5.02 Å². The molecule has 1 unspecified atom stereocenters. The van der Waals surface area contributed by atoms with E-state index in [2.05, 4.69) is 0 Å². The summed E-state index contributed by atoms with van der Waals surface area (Å²) in [5, 5.41) is 10.6. The first-order chi connectivity index (χ1) is 9.52. The standard InChI is InChI=1S/C15H15ClFNO2/c1-20-14-4-2-3-11(15(14)18)13(19)7-9-5-6-10(16)8-12(9)17/h2-6,8,13,19H,7,18H2,1H3. The molecule has 1 atom stereocenters. The van der Waals surface area contributed by atoms with E-state index < -0.39 is 11.9 Å². The second-order valence-corrected chi connectivity index (χ2v) is 4.86. The van der Waals surface area contributed by atoms with Gasteiger partial charge in [0, 0.05) is 17.0 Å². The number of para-hydroxylation sites is 1. The van der Waals surface area contributed by atoms with E-state index in [9.17, 15) is 9.50 Å². The largest absolute Gasteiger partial charge is 0.495 e. The molecular weight excluding hydrogens is 281 g/mol. The summed E-state index contributed by atoms with van der Waals surface area (Å²) in [6.45, 7) is 0. The molecule has 0 spiro atoms. The average molecular weight is 296 g/mol. The molecule has 0 fully saturated rings. The van der Waals surface area contributed by atoms with Gasteiger partial charge in [0.05, 0.1) is 18.9 Å². The van der Waals surface area contributed by atoms with Gasteiger partial charge in [-0.15, -0.1) is 0 Å². The highest BCUT2D eigenvalue weighted by Gasteiger charge is 2.16. The fourth-order valence-electron chi connectivity index (χ4n) is 2.04. The van der Waals surface area contributed by atoms with Crippen LogP contribution in [-0.2, 0) is 6.42 Å². The number of anilines is 1. The van der Waals surface area contributed by atoms with Gasteiger partial charge in [-0.1, -0.05) is 29.8 Å². The lowest BCUT2D eigenvalue weighted by Crippen LogP contribution is -2.07. The smallest absolute Gasteiger partial charge is 0.142 e. The number of nitrogen functional groups attached to an aromatic ring is 1. The van der Waals surface area contributed by atoms with Crippen LogP contribution in [0.15, 0.2) is 36.4 Å². The summed E-state index contributed by atoms with van der Waals surface area (Å²) in [5.74, 6) is 0.0381. The molecule has 20 heavy (non-hydrogen) atoms. The van der Waals surface area contributed by atoms with Crippen LogP contribution >= 0.6 is 11.6 Å². The summed E-state index contributed by atoms with van der Waals surface area (Å²) in [6, 6.07) is 9.48. The van der Waals surface area contributed by atoms with Crippen molar-refractivity contribution in [1.82, 2.24) is 0 Å². The Morgan fingerprint density at radius 1 is 1.35 bits per heavy atom. The summed E-state index contributed by atoms with van der Waals surface area (Å²) in [6.07, 6.45) is -0.804. The number of methoxy groups -OCH3 is 1. The fraction of sp³-hybridized carbons (Fsp3) is 0.200. The van der Waals surface area contributed by atoms with Gasteiger partial charge in [0.2, 0.25) is 0 Å². The number of halogens is 2. The molecule has 2 rings (SSSR count). The van der Waals surface area contributed by atoms with Gasteiger partial charge in [0.1, 0.15) is 11.6 Å². The highest BCUT2D eigenvalue weighted by Crippen LogP contribution is 2.31. The normalized spacial score (nSPS) is 12.2. The van der Waals surface area contributed by atoms with Gasteiger partial charge in [-0.2, -0.15) is 0 Å². The monoisotopic (exact) mass is 295 g/mol. The zero-order chi connectivity index (χ0) is 14.7. The Kier molecular flexibility index (Phi) is 4.47. The van der Waals surface area contributed by atoms with Crippen molar-refractivity contribution in [2.24, 2.45) is 0 Å². The molecule has 0 aliphatic carbocycles. The zero-order valence-corrected chi connectivity index (χ0v) is 11.7. The topological polar surface area (TPSA) is 55.5 Å². The third-order valence-electron chi connectivity index (χ3n) is 3.11. The molecule has 0 saturated carbocycles. The molecule has 0 aliphatic rings. The third kappa shape index (κ3) is 3.03. The minimum absolute atomic E-state index is 0.111. The highest BCUT2D eigenvalue weighted by molar-refractivity contribution is 6.30. The Morgan fingerprint density at radius 2 is 2.10 bits per heavy atom. The van der Waals surface area contributed by atoms with Crippen LogP contribution in [0.1, 0.15) is 17.2 Å². The Labute approximate surface area is 121 Å². The van der Waals surface area contributed by atoms with E-state index in [4.69, 9.17) is 22.1 Å². The van der Waals surface area contributed by atoms with E-state index in [0.717, 1.165) is 0 Å². The molecule has 3 nitrogen and oxygen atoms in total. The Morgan fingerprint density at radius 3 is 2.75 bits per heavy atom. The number of aliphatic hydroxyl groups is 1. The molecule has 0 heterocycles. The Hall–Kier alpha value is -1.78. The molecule has 106 valence electrons. The molecule has 0 aliphatic heterocycles. The maximum atomic E-state index is 13.7. The number of ether oxygens (including phenoxy) is 1. The Bertz CT molecular complexity index is 619. The lowest BCUT2D eigenvalue weighted by molar-refractivity contribution is 0.177. The maximum Gasteiger partial charge on any atom is 0.142 e. The van der Waals surface area contributed by atoms with Crippen LogP contribution in [0.4, 0.5) is 10.1 Å². The van der Waals surface area contributed by atoms with Crippen LogP contribution in [0, 0.1) is 5.82 Å². The van der Waals surface area contributed by atoms with Crippen LogP contribution in [0.25, 0.3) is 0 Å². The Balaban J connectivity index is 2.26. The molecule has 2 aromatic carbocycles. The molecule has 2 aromatic rings. The lowest BCUT2D eigenvalue weighted by atomic mass is 9.99. The molecule has 0 radical (unpaired) electrons. The van der Waals surface area contributed by atoms with Crippen LogP contribution in [-0.4, -0.2) is 12.2 Å². The van der Waals surface area contributed by atoms with E-state index in [-0.39, 0.29) is 6.42 Å². The number of hydrogen-bond donors (Lipinski definition) is 2. The zero-order valence-electron chi connectivity index (χ0n) is 10.9. The van der Waals surface area contributed by atoms with Gasteiger partial charge in [0.25, 0.3) is 0 Å². The third-order valence-corrected chi connectivity index (χ3v) is 3.34. The van der Waals surface area contributed by atoms with Crippen molar-refractivity contribution in [3.8, 4) is 5.75 Å². The molecular formula is C15H15ClFNO2. The average Bonchev–Trinajstić information content (AvgIpc) is 2.42. The molecule has 5 heteroatoms. The fourth-order valence-corrected chi connectivity index (χ4v) is 2.19. The molecule has 0 bridgehead atoms. The van der Waals surface area contributed by atoms with Crippen molar-refractivity contribution in [1.29, 1.82) is 0 Å². The summed E-state index contributed by atoms with van der Waals surface area (Å²) < 4.78 is 18.8. The summed E-state index contributed by atoms with van der Waals surface area (Å²) in [4.78, 5) is 0. The molecule has 0 saturated heterocycles. The lowest BCUT2D eigenvalue weighted by Gasteiger charge is -2.16. The predicted molar refractivity (Wildman–Crippen MR) is 77.5 cm³/mol. The van der Waals surface area contributed by atoms with E-state index in [1.165, 1.54) is 13.2 Å². The number of rotatable bonds is 4. The van der Waals surface area contributed by atoms with Crippen molar-refractivity contribution in [3.05, 3.63) is 58.4 Å². The van der Waals surface area contributed by atoms with E-state index in [1.807, 2.05) is 0 Å². The van der Waals surface area contributed by atoms with Crippen molar-refractivity contribution in [2.45, 2.75) is 12.5 Å². The van der Waals surface area contributed by atoms with Crippen molar-refractivity contribution in [3.63, 3.8) is 0 Å².